The van der Waals surface area contributed by atoms with E-state index in [9.17, 15) is 0 Å². The molecule has 5 rings (SSSR count). The van der Waals surface area contributed by atoms with E-state index >= 15 is 0 Å². The summed E-state index contributed by atoms with van der Waals surface area (Å²) in [5, 5.41) is 0. The van der Waals surface area contributed by atoms with Crippen molar-refractivity contribution in [1.29, 1.82) is 0 Å². The monoisotopic (exact) mass is 316 g/mol. The maximum absolute atomic E-state index is 4.82. The molecule has 4 heteroatoms. The molecule has 0 radical (unpaired) electrons. The van der Waals surface area contributed by atoms with E-state index in [1.807, 2.05) is 12.1 Å². The first kappa shape index (κ1) is 13.8. The van der Waals surface area contributed by atoms with Gasteiger partial charge in [-0.1, -0.05) is 30.7 Å². The second-order valence-electron chi connectivity index (χ2n) is 6.84. The Kier molecular flexibility index (Phi) is 3.15. The van der Waals surface area contributed by atoms with Crippen LogP contribution in [0.15, 0.2) is 48.5 Å². The predicted octanol–water partition coefficient (Wildman–Crippen LogP) is 4.88. The second-order valence-corrected chi connectivity index (χ2v) is 6.84. The third-order valence-corrected chi connectivity index (χ3v) is 5.26. The molecule has 1 saturated carbocycles. The van der Waals surface area contributed by atoms with Gasteiger partial charge >= 0.3 is 0 Å². The molecule has 1 aliphatic carbocycles. The van der Waals surface area contributed by atoms with E-state index in [1.54, 1.807) is 0 Å². The molecule has 2 aromatic heterocycles. The molecule has 2 aromatic carbocycles. The minimum atomic E-state index is 0.490. The number of aromatic amines is 2. The average molecular weight is 316 g/mol. The van der Waals surface area contributed by atoms with Gasteiger partial charge in [-0.3, -0.25) is 0 Å². The topological polar surface area (TPSA) is 57.4 Å². The first-order chi connectivity index (χ1) is 11.9. The summed E-state index contributed by atoms with van der Waals surface area (Å²) in [5.41, 5.74) is 4.41. The summed E-state index contributed by atoms with van der Waals surface area (Å²) in [4.78, 5) is 16.7. The molecular formula is C20H20N4. The van der Waals surface area contributed by atoms with Gasteiger partial charge in [0.25, 0.3) is 0 Å². The molecule has 0 saturated heterocycles. The van der Waals surface area contributed by atoms with Crippen LogP contribution >= 0.6 is 0 Å². The first-order valence-corrected chi connectivity index (χ1v) is 8.76. The second kappa shape index (κ2) is 5.48. The highest BCUT2D eigenvalue weighted by molar-refractivity contribution is 5.75. The van der Waals surface area contributed by atoms with Crippen LogP contribution in [0.3, 0.4) is 0 Å². The molecule has 24 heavy (non-hydrogen) atoms. The first-order valence-electron chi connectivity index (χ1n) is 8.76. The molecule has 0 aliphatic heterocycles. The predicted molar refractivity (Wildman–Crippen MR) is 96.1 cm³/mol. The number of rotatable bonds is 2. The van der Waals surface area contributed by atoms with Crippen molar-refractivity contribution in [3.8, 4) is 0 Å². The Morgan fingerprint density at radius 3 is 1.71 bits per heavy atom. The van der Waals surface area contributed by atoms with Crippen molar-refractivity contribution in [3.63, 3.8) is 0 Å². The van der Waals surface area contributed by atoms with E-state index in [0.29, 0.717) is 11.8 Å². The fourth-order valence-electron chi connectivity index (χ4n) is 4.02. The van der Waals surface area contributed by atoms with Gasteiger partial charge in [0.15, 0.2) is 0 Å². The Balaban J connectivity index is 1.45. The number of hydrogen-bond donors (Lipinski definition) is 2. The third-order valence-electron chi connectivity index (χ3n) is 5.26. The van der Waals surface area contributed by atoms with Gasteiger partial charge in [-0.15, -0.1) is 0 Å². The lowest BCUT2D eigenvalue weighted by Crippen LogP contribution is -2.15. The van der Waals surface area contributed by atoms with Crippen molar-refractivity contribution in [1.82, 2.24) is 19.9 Å². The van der Waals surface area contributed by atoms with E-state index < -0.39 is 0 Å². The van der Waals surface area contributed by atoms with Crippen molar-refractivity contribution >= 4 is 22.1 Å². The van der Waals surface area contributed by atoms with Gasteiger partial charge in [0.05, 0.1) is 22.1 Å². The molecule has 4 aromatic rings. The largest absolute Gasteiger partial charge is 0.342 e. The molecule has 2 N–H and O–H groups in total. The number of H-pyrrole nitrogens is 2. The number of benzene rings is 2. The van der Waals surface area contributed by atoms with Crippen molar-refractivity contribution in [2.45, 2.75) is 37.5 Å². The Morgan fingerprint density at radius 2 is 1.21 bits per heavy atom. The highest BCUT2D eigenvalue weighted by Crippen LogP contribution is 2.40. The Bertz CT molecular complexity index is 851. The fourth-order valence-corrected chi connectivity index (χ4v) is 4.02. The fraction of sp³-hybridized carbons (Fsp3) is 0.300. The summed E-state index contributed by atoms with van der Waals surface area (Å²) < 4.78 is 0. The molecule has 1 fully saturated rings. The van der Waals surface area contributed by atoms with Crippen molar-refractivity contribution in [3.05, 3.63) is 60.2 Å². The lowest BCUT2D eigenvalue weighted by atomic mass is 9.80. The van der Waals surface area contributed by atoms with E-state index in [0.717, 1.165) is 40.1 Å². The number of fused-ring (bicyclic) bond motifs is 2. The molecule has 1 aliphatic rings. The third kappa shape index (κ3) is 2.30. The number of hydrogen-bond acceptors (Lipinski definition) is 2. The number of aromatic nitrogens is 4. The smallest absolute Gasteiger partial charge is 0.110 e. The summed E-state index contributed by atoms with van der Waals surface area (Å²) >= 11 is 0. The minimum absolute atomic E-state index is 0.490. The van der Waals surface area contributed by atoms with Crippen LogP contribution in [0.2, 0.25) is 0 Å². The maximum atomic E-state index is 4.82. The number of nitrogens with one attached hydrogen (secondary N) is 2. The van der Waals surface area contributed by atoms with Crippen LogP contribution in [0.5, 0.6) is 0 Å². The van der Waals surface area contributed by atoms with Gasteiger partial charge in [-0.25, -0.2) is 9.97 Å². The van der Waals surface area contributed by atoms with Gasteiger partial charge in [0, 0.05) is 11.8 Å². The molecule has 0 spiro atoms. The molecule has 0 bridgehead atoms. The SMILES string of the molecule is c1ccc2[nH]c([C@@H]3CCC[C@H](c4nc5ccccc5[nH]4)C3)nc2c1. The standard InChI is InChI=1S/C20H20N4/c1-2-9-16-15(8-1)21-19(22-16)13-6-5-7-14(12-13)20-23-17-10-3-4-11-18(17)24-20/h1-4,8-11,13-14H,5-7,12H2,(H,21,22)(H,23,24)/t13-,14+. The van der Waals surface area contributed by atoms with E-state index in [2.05, 4.69) is 46.4 Å². The lowest BCUT2D eigenvalue weighted by molar-refractivity contribution is 0.376. The van der Waals surface area contributed by atoms with Gasteiger partial charge in [0.1, 0.15) is 11.6 Å². The number of imidazole rings is 2. The Labute approximate surface area is 140 Å². The Hall–Kier alpha value is -2.62. The summed E-state index contributed by atoms with van der Waals surface area (Å²) in [6, 6.07) is 16.6. The minimum Gasteiger partial charge on any atom is -0.342 e. The zero-order valence-electron chi connectivity index (χ0n) is 13.5. The van der Waals surface area contributed by atoms with E-state index in [-0.39, 0.29) is 0 Å². The van der Waals surface area contributed by atoms with Crippen LogP contribution in [0.1, 0.15) is 49.2 Å². The summed E-state index contributed by atoms with van der Waals surface area (Å²) in [7, 11) is 0. The average Bonchev–Trinajstić information content (AvgIpc) is 3.26. The van der Waals surface area contributed by atoms with Crippen molar-refractivity contribution in [2.24, 2.45) is 0 Å². The quantitative estimate of drug-likeness (QED) is 0.553. The van der Waals surface area contributed by atoms with Crippen LogP contribution in [-0.4, -0.2) is 19.9 Å². The van der Waals surface area contributed by atoms with Gasteiger partial charge in [0.2, 0.25) is 0 Å². The van der Waals surface area contributed by atoms with Crippen molar-refractivity contribution in [2.75, 3.05) is 0 Å². The van der Waals surface area contributed by atoms with Crippen molar-refractivity contribution < 1.29 is 0 Å². The van der Waals surface area contributed by atoms with Gasteiger partial charge in [-0.2, -0.15) is 0 Å². The zero-order valence-corrected chi connectivity index (χ0v) is 13.5. The summed E-state index contributed by atoms with van der Waals surface area (Å²) in [5.74, 6) is 3.25. The highest BCUT2D eigenvalue weighted by atomic mass is 14.9. The van der Waals surface area contributed by atoms with Gasteiger partial charge in [-0.05, 0) is 43.5 Å². The summed E-state index contributed by atoms with van der Waals surface area (Å²) in [6.45, 7) is 0. The molecule has 120 valence electrons. The van der Waals surface area contributed by atoms with E-state index in [1.165, 1.54) is 19.3 Å². The van der Waals surface area contributed by atoms with Gasteiger partial charge < -0.3 is 9.97 Å². The van der Waals surface area contributed by atoms with Crippen LogP contribution in [0.25, 0.3) is 22.1 Å². The zero-order chi connectivity index (χ0) is 15.9. The van der Waals surface area contributed by atoms with Crippen LogP contribution in [-0.2, 0) is 0 Å². The molecule has 0 unspecified atom stereocenters. The van der Waals surface area contributed by atoms with Crippen LogP contribution < -0.4 is 0 Å². The molecule has 2 atom stereocenters. The normalized spacial score (nSPS) is 21.5. The van der Waals surface area contributed by atoms with E-state index in [4.69, 9.17) is 9.97 Å². The lowest BCUT2D eigenvalue weighted by Gasteiger charge is -2.26. The Morgan fingerprint density at radius 1 is 0.708 bits per heavy atom. The molecule has 2 heterocycles. The molecule has 0 amide bonds. The summed E-state index contributed by atoms with van der Waals surface area (Å²) in [6.07, 6.45) is 4.75. The molecule has 4 nitrogen and oxygen atoms in total. The van der Waals surface area contributed by atoms with Crippen LogP contribution in [0, 0.1) is 0 Å². The maximum Gasteiger partial charge on any atom is 0.110 e. The number of para-hydroxylation sites is 4. The van der Waals surface area contributed by atoms with Crippen LogP contribution in [0.4, 0.5) is 0 Å². The highest BCUT2D eigenvalue weighted by Gasteiger charge is 2.28. The molecular weight excluding hydrogens is 296 g/mol. The number of nitrogens with zero attached hydrogens (tertiary/aromatic N) is 2.